The van der Waals surface area contributed by atoms with Gasteiger partial charge < -0.3 is 5.73 Å². The van der Waals surface area contributed by atoms with Crippen molar-refractivity contribution in [3.63, 3.8) is 0 Å². The van der Waals surface area contributed by atoms with Crippen LogP contribution in [0, 0.1) is 0 Å². The average Bonchev–Trinajstić information content (AvgIpc) is 2.23. The molecule has 0 saturated heterocycles. The van der Waals surface area contributed by atoms with E-state index in [4.69, 9.17) is 28.9 Å². The summed E-state index contributed by atoms with van der Waals surface area (Å²) in [4.78, 5) is 4.17. The summed E-state index contributed by atoms with van der Waals surface area (Å²) in [7, 11) is 0. The molecule has 2 aromatic rings. The summed E-state index contributed by atoms with van der Waals surface area (Å²) in [5.74, 6) is 0. The maximum atomic E-state index is 5.83. The predicted octanol–water partition coefficient (Wildman–Crippen LogP) is 3.64. The number of pyridine rings is 1. The molecule has 15 heavy (non-hydrogen) atoms. The van der Waals surface area contributed by atoms with Crippen LogP contribution in [0.5, 0.6) is 0 Å². The Balaban J connectivity index is 2.45. The first-order valence-corrected chi connectivity index (χ1v) is 5.10. The van der Waals surface area contributed by atoms with E-state index >= 15 is 0 Å². The summed E-state index contributed by atoms with van der Waals surface area (Å²) in [5, 5.41) is 1.02. The third-order valence-electron chi connectivity index (χ3n) is 2.02. The molecular formula is C11H8Cl2N2. The van der Waals surface area contributed by atoms with Crippen LogP contribution in [-0.4, -0.2) is 4.98 Å². The van der Waals surface area contributed by atoms with Crippen LogP contribution in [0.25, 0.3) is 11.3 Å². The number of nitrogens with two attached hydrogens (primary N) is 1. The number of halogens is 2. The highest BCUT2D eigenvalue weighted by molar-refractivity contribution is 6.32. The highest BCUT2D eigenvalue weighted by atomic mass is 35.5. The fourth-order valence-corrected chi connectivity index (χ4v) is 1.51. The van der Waals surface area contributed by atoms with Crippen LogP contribution in [0.3, 0.4) is 0 Å². The first-order chi connectivity index (χ1) is 7.16. The molecule has 0 atom stereocenters. The monoisotopic (exact) mass is 238 g/mol. The van der Waals surface area contributed by atoms with Gasteiger partial charge in [0.25, 0.3) is 0 Å². The van der Waals surface area contributed by atoms with E-state index in [1.54, 1.807) is 6.07 Å². The fraction of sp³-hybridized carbons (Fsp3) is 0. The molecule has 76 valence electrons. The third kappa shape index (κ3) is 2.22. The highest BCUT2D eigenvalue weighted by Gasteiger charge is 2.02. The highest BCUT2D eigenvalue weighted by Crippen LogP contribution is 2.24. The second-order valence-corrected chi connectivity index (χ2v) is 3.88. The molecule has 1 aromatic carbocycles. The van der Waals surface area contributed by atoms with Gasteiger partial charge in [0.2, 0.25) is 0 Å². The largest absolute Gasteiger partial charge is 0.396 e. The van der Waals surface area contributed by atoms with Gasteiger partial charge in [-0.2, -0.15) is 0 Å². The van der Waals surface area contributed by atoms with Crippen molar-refractivity contribution in [3.05, 3.63) is 46.6 Å². The summed E-state index contributed by atoms with van der Waals surface area (Å²) < 4.78 is 0. The van der Waals surface area contributed by atoms with Crippen molar-refractivity contribution in [1.82, 2.24) is 4.98 Å². The van der Waals surface area contributed by atoms with Crippen molar-refractivity contribution in [2.75, 3.05) is 5.73 Å². The van der Waals surface area contributed by atoms with E-state index in [1.807, 2.05) is 30.3 Å². The lowest BCUT2D eigenvalue weighted by Crippen LogP contribution is -1.90. The summed E-state index contributed by atoms with van der Waals surface area (Å²) in [6.45, 7) is 0. The molecule has 0 bridgehead atoms. The average molecular weight is 239 g/mol. The number of nitrogens with zero attached hydrogens (tertiary/aromatic N) is 1. The van der Waals surface area contributed by atoms with Gasteiger partial charge in [0, 0.05) is 10.6 Å². The van der Waals surface area contributed by atoms with Crippen LogP contribution in [0.1, 0.15) is 0 Å². The summed E-state index contributed by atoms with van der Waals surface area (Å²) in [6, 6.07) is 10.9. The van der Waals surface area contributed by atoms with Gasteiger partial charge in [0.15, 0.2) is 5.15 Å². The number of hydrogen-bond donors (Lipinski definition) is 1. The lowest BCUT2D eigenvalue weighted by Gasteiger charge is -2.03. The van der Waals surface area contributed by atoms with Crippen LogP contribution in [-0.2, 0) is 0 Å². The minimum Gasteiger partial charge on any atom is -0.396 e. The molecule has 0 amide bonds. The molecule has 0 aliphatic carbocycles. The van der Waals surface area contributed by atoms with E-state index in [9.17, 15) is 0 Å². The number of anilines is 1. The minimum absolute atomic E-state index is 0.322. The van der Waals surface area contributed by atoms with E-state index in [-0.39, 0.29) is 0 Å². The standard InChI is InChI=1S/C11H8Cl2N2/c12-8-3-1-7(2-4-8)10-6-5-9(14)11(13)15-10/h1-6H,14H2. The summed E-state index contributed by atoms with van der Waals surface area (Å²) in [5.41, 5.74) is 7.80. The smallest absolute Gasteiger partial charge is 0.152 e. The first kappa shape index (κ1) is 10.3. The summed E-state index contributed by atoms with van der Waals surface area (Å²) in [6.07, 6.45) is 0. The maximum absolute atomic E-state index is 5.83. The normalized spacial score (nSPS) is 10.3. The molecule has 0 radical (unpaired) electrons. The SMILES string of the molecule is Nc1ccc(-c2ccc(Cl)cc2)nc1Cl. The number of benzene rings is 1. The van der Waals surface area contributed by atoms with Gasteiger partial charge in [-0.3, -0.25) is 0 Å². The quantitative estimate of drug-likeness (QED) is 0.771. The number of aromatic nitrogens is 1. The van der Waals surface area contributed by atoms with Gasteiger partial charge in [0.05, 0.1) is 11.4 Å². The lowest BCUT2D eigenvalue weighted by molar-refractivity contribution is 1.33. The van der Waals surface area contributed by atoms with Crippen LogP contribution >= 0.6 is 23.2 Å². The van der Waals surface area contributed by atoms with E-state index in [0.717, 1.165) is 11.3 Å². The molecule has 2 rings (SSSR count). The fourth-order valence-electron chi connectivity index (χ4n) is 1.23. The molecule has 1 aromatic heterocycles. The Morgan fingerprint density at radius 1 is 0.933 bits per heavy atom. The molecule has 0 spiro atoms. The second-order valence-electron chi connectivity index (χ2n) is 3.08. The Morgan fingerprint density at radius 3 is 2.20 bits per heavy atom. The zero-order valence-electron chi connectivity index (χ0n) is 7.74. The molecule has 2 nitrogen and oxygen atoms in total. The molecule has 2 N–H and O–H groups in total. The van der Waals surface area contributed by atoms with Gasteiger partial charge in [-0.15, -0.1) is 0 Å². The zero-order valence-corrected chi connectivity index (χ0v) is 9.26. The molecule has 0 unspecified atom stereocenters. The van der Waals surface area contributed by atoms with Crippen LogP contribution in [0.15, 0.2) is 36.4 Å². The van der Waals surface area contributed by atoms with Crippen molar-refractivity contribution in [1.29, 1.82) is 0 Å². The molecule has 0 fully saturated rings. The van der Waals surface area contributed by atoms with Crippen LogP contribution < -0.4 is 5.73 Å². The van der Waals surface area contributed by atoms with Gasteiger partial charge in [-0.05, 0) is 24.3 Å². The Kier molecular flexibility index (Phi) is 2.80. The molecule has 4 heteroatoms. The van der Waals surface area contributed by atoms with Crippen molar-refractivity contribution in [2.24, 2.45) is 0 Å². The first-order valence-electron chi connectivity index (χ1n) is 4.35. The van der Waals surface area contributed by atoms with Gasteiger partial charge in [-0.1, -0.05) is 35.3 Å². The summed E-state index contributed by atoms with van der Waals surface area (Å²) >= 11 is 11.6. The van der Waals surface area contributed by atoms with Gasteiger partial charge >= 0.3 is 0 Å². The Morgan fingerprint density at radius 2 is 1.60 bits per heavy atom. The lowest BCUT2D eigenvalue weighted by atomic mass is 10.1. The van der Waals surface area contributed by atoms with E-state index in [1.165, 1.54) is 0 Å². The Hall–Kier alpha value is -1.25. The van der Waals surface area contributed by atoms with E-state index in [0.29, 0.717) is 15.9 Å². The molecule has 1 heterocycles. The molecule has 0 aliphatic heterocycles. The van der Waals surface area contributed by atoms with Crippen molar-refractivity contribution < 1.29 is 0 Å². The number of nitrogen functional groups attached to an aromatic ring is 1. The van der Waals surface area contributed by atoms with E-state index < -0.39 is 0 Å². The van der Waals surface area contributed by atoms with Crippen LogP contribution in [0.4, 0.5) is 5.69 Å². The predicted molar refractivity (Wildman–Crippen MR) is 64.1 cm³/mol. The Bertz CT molecular complexity index is 480. The topological polar surface area (TPSA) is 38.9 Å². The number of rotatable bonds is 1. The second kappa shape index (κ2) is 4.09. The third-order valence-corrected chi connectivity index (χ3v) is 2.57. The molecule has 0 saturated carbocycles. The van der Waals surface area contributed by atoms with Crippen molar-refractivity contribution in [2.45, 2.75) is 0 Å². The van der Waals surface area contributed by atoms with Gasteiger partial charge in [0.1, 0.15) is 0 Å². The zero-order chi connectivity index (χ0) is 10.8. The molecular weight excluding hydrogens is 231 g/mol. The number of hydrogen-bond acceptors (Lipinski definition) is 2. The molecule has 0 aliphatic rings. The van der Waals surface area contributed by atoms with Gasteiger partial charge in [-0.25, -0.2) is 4.98 Å². The minimum atomic E-state index is 0.322. The van der Waals surface area contributed by atoms with Crippen molar-refractivity contribution in [3.8, 4) is 11.3 Å². The van der Waals surface area contributed by atoms with Crippen LogP contribution in [0.2, 0.25) is 10.2 Å². The van der Waals surface area contributed by atoms with E-state index in [2.05, 4.69) is 4.98 Å². The van der Waals surface area contributed by atoms with Crippen molar-refractivity contribution >= 4 is 28.9 Å². The Labute approximate surface area is 97.7 Å². The maximum Gasteiger partial charge on any atom is 0.152 e.